The summed E-state index contributed by atoms with van der Waals surface area (Å²) >= 11 is 0. The van der Waals surface area contributed by atoms with Crippen LogP contribution in [0.1, 0.15) is 44.9 Å². The SMILES string of the molecule is N[C@@H]1CCN(S(=O)(=O)c2cccc3c(=O)n(COC(=O)C4CCCC4)ccc23)C12CC2. The number of hydrogen-bond acceptors (Lipinski definition) is 6. The zero-order valence-electron chi connectivity index (χ0n) is 17.3. The Balaban J connectivity index is 1.46. The van der Waals surface area contributed by atoms with Gasteiger partial charge in [-0.05, 0) is 50.3 Å². The first kappa shape index (κ1) is 20.7. The molecular formula is C22H27N3O5S. The summed E-state index contributed by atoms with van der Waals surface area (Å²) < 4.78 is 35.2. The van der Waals surface area contributed by atoms with E-state index < -0.39 is 15.6 Å². The zero-order valence-corrected chi connectivity index (χ0v) is 18.1. The van der Waals surface area contributed by atoms with Gasteiger partial charge in [-0.2, -0.15) is 4.31 Å². The van der Waals surface area contributed by atoms with Gasteiger partial charge in [0.05, 0.1) is 16.4 Å². The average molecular weight is 446 g/mol. The Kier molecular flexibility index (Phi) is 4.95. The molecule has 2 heterocycles. The summed E-state index contributed by atoms with van der Waals surface area (Å²) in [5.74, 6) is -0.365. The Morgan fingerprint density at radius 1 is 1.13 bits per heavy atom. The van der Waals surface area contributed by atoms with E-state index in [1.54, 1.807) is 24.3 Å². The van der Waals surface area contributed by atoms with Crippen molar-refractivity contribution in [2.45, 2.75) is 68.2 Å². The number of nitrogens with zero attached hydrogens (tertiary/aromatic N) is 2. The van der Waals surface area contributed by atoms with E-state index >= 15 is 0 Å². The maximum Gasteiger partial charge on any atom is 0.310 e. The summed E-state index contributed by atoms with van der Waals surface area (Å²) in [5, 5.41) is 0.663. The van der Waals surface area contributed by atoms with Gasteiger partial charge < -0.3 is 10.5 Å². The highest BCUT2D eigenvalue weighted by molar-refractivity contribution is 7.89. The quantitative estimate of drug-likeness (QED) is 0.704. The molecule has 0 radical (unpaired) electrons. The van der Waals surface area contributed by atoms with Crippen molar-refractivity contribution in [3.8, 4) is 0 Å². The van der Waals surface area contributed by atoms with E-state index in [1.165, 1.54) is 15.1 Å². The number of rotatable bonds is 5. The lowest BCUT2D eigenvalue weighted by Crippen LogP contribution is -2.44. The minimum atomic E-state index is -3.79. The first-order valence-corrected chi connectivity index (χ1v) is 12.4. The van der Waals surface area contributed by atoms with Crippen LogP contribution >= 0.6 is 0 Å². The average Bonchev–Trinajstić information content (AvgIpc) is 3.21. The molecule has 2 aromatic rings. The van der Waals surface area contributed by atoms with Gasteiger partial charge in [0.25, 0.3) is 5.56 Å². The van der Waals surface area contributed by atoms with Crippen LogP contribution in [0.2, 0.25) is 0 Å². The van der Waals surface area contributed by atoms with E-state index in [9.17, 15) is 18.0 Å². The smallest absolute Gasteiger partial charge is 0.310 e. The second-order valence-electron chi connectivity index (χ2n) is 8.96. The standard InChI is InChI=1S/C22H27N3O5S/c23-19-9-13-25(22(19)10-11-22)31(28,29)18-7-3-6-17-16(18)8-12-24(20(17)26)14-30-21(27)15-4-1-2-5-15/h3,6-8,12,15,19H,1-2,4-5,9-11,13-14,23H2/t19-/m1/s1. The van der Waals surface area contributed by atoms with Crippen molar-refractivity contribution < 1.29 is 17.9 Å². The number of hydrogen-bond donors (Lipinski definition) is 1. The molecule has 1 spiro atoms. The van der Waals surface area contributed by atoms with E-state index in [0.29, 0.717) is 18.4 Å². The number of aromatic nitrogens is 1. The number of esters is 1. The lowest BCUT2D eigenvalue weighted by atomic mass is 10.1. The summed E-state index contributed by atoms with van der Waals surface area (Å²) in [7, 11) is -3.79. The van der Waals surface area contributed by atoms with Crippen molar-refractivity contribution in [3.05, 3.63) is 40.8 Å². The number of pyridine rings is 1. The predicted molar refractivity (Wildman–Crippen MR) is 115 cm³/mol. The van der Waals surface area contributed by atoms with Crippen molar-refractivity contribution in [2.75, 3.05) is 6.54 Å². The molecule has 166 valence electrons. The van der Waals surface area contributed by atoms with Gasteiger partial charge in [0.1, 0.15) is 0 Å². The van der Waals surface area contributed by atoms with Crippen molar-refractivity contribution >= 4 is 26.8 Å². The van der Waals surface area contributed by atoms with Gasteiger partial charge >= 0.3 is 5.97 Å². The molecule has 2 saturated carbocycles. The van der Waals surface area contributed by atoms with E-state index in [2.05, 4.69) is 0 Å². The number of carbonyl (C=O) groups excluding carboxylic acids is 1. The van der Waals surface area contributed by atoms with Crippen LogP contribution in [0, 0.1) is 5.92 Å². The summed E-state index contributed by atoms with van der Waals surface area (Å²) in [6.07, 6.45) is 7.39. The Hall–Kier alpha value is -2.23. The zero-order chi connectivity index (χ0) is 21.8. The van der Waals surface area contributed by atoms with Crippen LogP contribution < -0.4 is 11.3 Å². The highest BCUT2D eigenvalue weighted by atomic mass is 32.2. The fourth-order valence-corrected chi connectivity index (χ4v) is 7.27. The van der Waals surface area contributed by atoms with Crippen LogP contribution in [0.15, 0.2) is 40.2 Å². The van der Waals surface area contributed by atoms with Gasteiger partial charge in [0.2, 0.25) is 10.0 Å². The van der Waals surface area contributed by atoms with E-state index in [-0.39, 0.29) is 40.5 Å². The number of nitrogens with two attached hydrogens (primary N) is 1. The Morgan fingerprint density at radius 3 is 2.58 bits per heavy atom. The van der Waals surface area contributed by atoms with Gasteiger partial charge in [-0.25, -0.2) is 8.42 Å². The number of carbonyl (C=O) groups is 1. The molecule has 1 atom stereocenters. The highest BCUT2D eigenvalue weighted by Gasteiger charge is 2.60. The van der Waals surface area contributed by atoms with Crippen molar-refractivity contribution in [1.82, 2.24) is 8.87 Å². The van der Waals surface area contributed by atoms with Gasteiger partial charge in [-0.3, -0.25) is 14.2 Å². The van der Waals surface area contributed by atoms with Crippen molar-refractivity contribution in [2.24, 2.45) is 11.7 Å². The van der Waals surface area contributed by atoms with Gasteiger partial charge in [0, 0.05) is 29.6 Å². The Bertz CT molecular complexity index is 1200. The van der Waals surface area contributed by atoms with E-state index in [4.69, 9.17) is 10.5 Å². The maximum absolute atomic E-state index is 13.5. The van der Waals surface area contributed by atoms with Gasteiger partial charge in [-0.15, -0.1) is 0 Å². The third kappa shape index (κ3) is 3.30. The molecule has 8 nitrogen and oxygen atoms in total. The second-order valence-corrected chi connectivity index (χ2v) is 10.8. The summed E-state index contributed by atoms with van der Waals surface area (Å²) in [6, 6.07) is 6.20. The first-order valence-electron chi connectivity index (χ1n) is 10.9. The van der Waals surface area contributed by atoms with Crippen LogP contribution in [0.4, 0.5) is 0 Å². The predicted octanol–water partition coefficient (Wildman–Crippen LogP) is 1.95. The molecule has 31 heavy (non-hydrogen) atoms. The molecule has 2 aliphatic carbocycles. The molecule has 1 aromatic heterocycles. The fourth-order valence-electron chi connectivity index (χ4n) is 5.19. The van der Waals surface area contributed by atoms with Crippen LogP contribution in [0.5, 0.6) is 0 Å². The molecule has 0 amide bonds. The minimum Gasteiger partial charge on any atom is -0.444 e. The Labute approximate surface area is 181 Å². The normalized spacial score (nSPS) is 23.6. The molecule has 2 N–H and O–H groups in total. The third-order valence-corrected chi connectivity index (χ3v) is 9.21. The molecule has 1 aromatic carbocycles. The van der Waals surface area contributed by atoms with Gasteiger partial charge in [-0.1, -0.05) is 18.9 Å². The fraction of sp³-hybridized carbons (Fsp3) is 0.545. The Morgan fingerprint density at radius 2 is 1.87 bits per heavy atom. The molecule has 9 heteroatoms. The van der Waals surface area contributed by atoms with Crippen molar-refractivity contribution in [3.63, 3.8) is 0 Å². The topological polar surface area (TPSA) is 112 Å². The van der Waals surface area contributed by atoms with E-state index in [0.717, 1.165) is 38.5 Å². The number of fused-ring (bicyclic) bond motifs is 1. The summed E-state index contributed by atoms with van der Waals surface area (Å²) in [6.45, 7) is 0.221. The lowest BCUT2D eigenvalue weighted by molar-refractivity contribution is -0.152. The van der Waals surface area contributed by atoms with Gasteiger partial charge in [0.15, 0.2) is 6.73 Å². The molecule has 0 bridgehead atoms. The molecule has 3 fully saturated rings. The molecule has 3 aliphatic rings. The van der Waals surface area contributed by atoms with Crippen LogP contribution in [0.3, 0.4) is 0 Å². The van der Waals surface area contributed by atoms with Crippen LogP contribution in [0.25, 0.3) is 10.8 Å². The first-order chi connectivity index (χ1) is 14.8. The summed E-state index contributed by atoms with van der Waals surface area (Å²) in [5.41, 5.74) is 5.35. The second kappa shape index (κ2) is 7.43. The number of benzene rings is 1. The molecule has 5 rings (SSSR count). The van der Waals surface area contributed by atoms with Crippen molar-refractivity contribution in [1.29, 1.82) is 0 Å². The van der Waals surface area contributed by atoms with Crippen LogP contribution in [-0.2, 0) is 26.3 Å². The van der Waals surface area contributed by atoms with Crippen LogP contribution in [-0.4, -0.2) is 41.4 Å². The molecular weight excluding hydrogens is 418 g/mol. The van der Waals surface area contributed by atoms with E-state index in [1.807, 2.05) is 0 Å². The third-order valence-electron chi connectivity index (χ3n) is 7.17. The largest absolute Gasteiger partial charge is 0.444 e. The molecule has 1 saturated heterocycles. The highest BCUT2D eigenvalue weighted by Crippen LogP contribution is 2.51. The number of sulfonamides is 1. The monoisotopic (exact) mass is 445 g/mol. The molecule has 1 aliphatic heterocycles. The minimum absolute atomic E-state index is 0.0884. The lowest BCUT2D eigenvalue weighted by Gasteiger charge is -2.26. The summed E-state index contributed by atoms with van der Waals surface area (Å²) in [4.78, 5) is 25.3. The molecule has 0 unspecified atom stereocenters. The maximum atomic E-state index is 13.5. The number of ether oxygens (including phenoxy) is 1.